The molecular formula is C13H24N4O3S. The fourth-order valence-corrected chi connectivity index (χ4v) is 4.19. The Hall–Kier alpha value is -0.960. The fraction of sp³-hybridized carbons (Fsp3) is 0.769. The molecule has 1 unspecified atom stereocenters. The molecule has 7 nitrogen and oxygen atoms in total. The van der Waals surface area contributed by atoms with E-state index in [1.165, 1.54) is 4.31 Å². The summed E-state index contributed by atoms with van der Waals surface area (Å²) in [5.74, 6) is 0. The predicted molar refractivity (Wildman–Crippen MR) is 79.5 cm³/mol. The number of nitrogens with one attached hydrogen (secondary N) is 2. The predicted octanol–water partition coefficient (Wildman–Crippen LogP) is 0.626. The molecule has 0 aromatic carbocycles. The van der Waals surface area contributed by atoms with Crippen LogP contribution in [0.15, 0.2) is 4.90 Å². The summed E-state index contributed by atoms with van der Waals surface area (Å²) in [6.45, 7) is 9.26. The van der Waals surface area contributed by atoms with Crippen molar-refractivity contribution in [2.24, 2.45) is 0 Å². The maximum absolute atomic E-state index is 12.9. The van der Waals surface area contributed by atoms with E-state index in [2.05, 4.69) is 15.5 Å². The van der Waals surface area contributed by atoms with E-state index in [0.29, 0.717) is 42.5 Å². The van der Waals surface area contributed by atoms with Gasteiger partial charge < -0.3 is 10.1 Å². The van der Waals surface area contributed by atoms with Gasteiger partial charge in [-0.25, -0.2) is 8.42 Å². The van der Waals surface area contributed by atoms with Crippen molar-refractivity contribution >= 4 is 10.0 Å². The van der Waals surface area contributed by atoms with Gasteiger partial charge in [-0.05, 0) is 13.8 Å². The van der Waals surface area contributed by atoms with Crippen molar-refractivity contribution in [3.05, 3.63) is 11.4 Å². The molecule has 2 heterocycles. The Kier molecular flexibility index (Phi) is 5.03. The largest absolute Gasteiger partial charge is 0.376 e. The van der Waals surface area contributed by atoms with E-state index in [4.69, 9.17) is 4.74 Å². The second-order valence-electron chi connectivity index (χ2n) is 5.70. The maximum Gasteiger partial charge on any atom is 0.246 e. The molecule has 1 aromatic rings. The van der Waals surface area contributed by atoms with Crippen molar-refractivity contribution in [3.63, 3.8) is 0 Å². The lowest BCUT2D eigenvalue weighted by atomic mass is 10.3. The number of aromatic amines is 1. The molecule has 2 N–H and O–H groups in total. The highest BCUT2D eigenvalue weighted by Gasteiger charge is 2.33. The smallest absolute Gasteiger partial charge is 0.246 e. The van der Waals surface area contributed by atoms with Gasteiger partial charge in [-0.3, -0.25) is 5.10 Å². The number of H-pyrrole nitrogens is 1. The number of hydrogen-bond acceptors (Lipinski definition) is 5. The van der Waals surface area contributed by atoms with Crippen molar-refractivity contribution in [2.75, 3.05) is 19.7 Å². The molecule has 8 heteroatoms. The molecule has 1 saturated heterocycles. The summed E-state index contributed by atoms with van der Waals surface area (Å²) in [4.78, 5) is 0.296. The van der Waals surface area contributed by atoms with Gasteiger partial charge in [0.05, 0.1) is 24.1 Å². The lowest BCUT2D eigenvalue weighted by Gasteiger charge is -2.30. The first-order valence-electron chi connectivity index (χ1n) is 7.21. The van der Waals surface area contributed by atoms with Gasteiger partial charge in [0.2, 0.25) is 10.0 Å². The first kappa shape index (κ1) is 16.4. The van der Waals surface area contributed by atoms with Crippen LogP contribution < -0.4 is 5.32 Å². The van der Waals surface area contributed by atoms with E-state index in [0.717, 1.165) is 0 Å². The van der Waals surface area contributed by atoms with Gasteiger partial charge in [0, 0.05) is 25.7 Å². The van der Waals surface area contributed by atoms with Gasteiger partial charge in [0.25, 0.3) is 0 Å². The number of morpholine rings is 1. The summed E-state index contributed by atoms with van der Waals surface area (Å²) in [6, 6.07) is 0.265. The highest BCUT2D eigenvalue weighted by molar-refractivity contribution is 7.89. The zero-order valence-corrected chi connectivity index (χ0v) is 13.8. The van der Waals surface area contributed by atoms with Gasteiger partial charge in [0.1, 0.15) is 4.90 Å². The summed E-state index contributed by atoms with van der Waals surface area (Å²) in [5.41, 5.74) is 1.12. The number of aryl methyl sites for hydroxylation is 1. The minimum absolute atomic E-state index is 0.0852. The van der Waals surface area contributed by atoms with Gasteiger partial charge in [-0.2, -0.15) is 9.40 Å². The molecule has 0 spiro atoms. The highest BCUT2D eigenvalue weighted by atomic mass is 32.2. The van der Waals surface area contributed by atoms with Crippen molar-refractivity contribution in [3.8, 4) is 0 Å². The summed E-state index contributed by atoms with van der Waals surface area (Å²) in [6.07, 6.45) is -0.0852. The first-order valence-corrected chi connectivity index (χ1v) is 8.65. The Labute approximate surface area is 126 Å². The summed E-state index contributed by atoms with van der Waals surface area (Å²) >= 11 is 0. The molecule has 0 amide bonds. The normalized spacial score (nSPS) is 21.1. The van der Waals surface area contributed by atoms with E-state index in [1.807, 2.05) is 20.8 Å². The van der Waals surface area contributed by atoms with Crippen molar-refractivity contribution in [1.82, 2.24) is 19.8 Å². The third-order valence-corrected chi connectivity index (χ3v) is 5.51. The number of ether oxygens (including phenoxy) is 1. The Morgan fingerprint density at radius 3 is 2.86 bits per heavy atom. The molecule has 0 radical (unpaired) electrons. The van der Waals surface area contributed by atoms with Crippen LogP contribution in [0.3, 0.4) is 0 Å². The Morgan fingerprint density at radius 2 is 2.24 bits per heavy atom. The Balaban J connectivity index is 2.28. The molecule has 2 rings (SSSR count). The van der Waals surface area contributed by atoms with Crippen LogP contribution in [0.5, 0.6) is 0 Å². The van der Waals surface area contributed by atoms with Crippen molar-refractivity contribution in [2.45, 2.75) is 51.3 Å². The van der Waals surface area contributed by atoms with Gasteiger partial charge in [0.15, 0.2) is 0 Å². The molecule has 0 bridgehead atoms. The molecule has 0 saturated carbocycles. The van der Waals surface area contributed by atoms with Crippen molar-refractivity contribution in [1.29, 1.82) is 0 Å². The maximum atomic E-state index is 12.9. The minimum Gasteiger partial charge on any atom is -0.376 e. The van der Waals surface area contributed by atoms with Crippen LogP contribution in [0.2, 0.25) is 0 Å². The van der Waals surface area contributed by atoms with E-state index < -0.39 is 10.0 Å². The van der Waals surface area contributed by atoms with Gasteiger partial charge in [-0.1, -0.05) is 13.8 Å². The lowest BCUT2D eigenvalue weighted by Crippen LogP contribution is -2.44. The van der Waals surface area contributed by atoms with E-state index in [9.17, 15) is 8.42 Å². The molecule has 120 valence electrons. The van der Waals surface area contributed by atoms with Crippen LogP contribution in [0.25, 0.3) is 0 Å². The minimum atomic E-state index is -3.54. The van der Waals surface area contributed by atoms with E-state index >= 15 is 0 Å². The standard InChI is InChI=1S/C13H24N4O3S/c1-9(2)14-7-12-13(11(4)15-16-12)21(18,19)17-5-6-20-10(3)8-17/h9-10,14H,5-8H2,1-4H3,(H,15,16). The van der Waals surface area contributed by atoms with Crippen LogP contribution in [-0.4, -0.2) is 54.8 Å². The van der Waals surface area contributed by atoms with Crippen LogP contribution in [-0.2, 0) is 21.3 Å². The Bertz CT molecular complexity index is 582. The third kappa shape index (κ3) is 3.63. The summed E-state index contributed by atoms with van der Waals surface area (Å²) in [5, 5.41) is 10.1. The number of sulfonamides is 1. The van der Waals surface area contributed by atoms with Crippen molar-refractivity contribution < 1.29 is 13.2 Å². The zero-order chi connectivity index (χ0) is 15.6. The monoisotopic (exact) mass is 316 g/mol. The fourth-order valence-electron chi connectivity index (χ4n) is 2.37. The zero-order valence-electron chi connectivity index (χ0n) is 13.0. The van der Waals surface area contributed by atoms with Crippen LogP contribution >= 0.6 is 0 Å². The number of hydrogen-bond donors (Lipinski definition) is 2. The molecule has 1 aliphatic heterocycles. The van der Waals surface area contributed by atoms with E-state index in [-0.39, 0.29) is 12.1 Å². The lowest BCUT2D eigenvalue weighted by molar-refractivity contribution is 0.0101. The van der Waals surface area contributed by atoms with Crippen LogP contribution in [0, 0.1) is 6.92 Å². The highest BCUT2D eigenvalue weighted by Crippen LogP contribution is 2.24. The topological polar surface area (TPSA) is 87.3 Å². The SMILES string of the molecule is Cc1[nH]nc(CNC(C)C)c1S(=O)(=O)N1CCOC(C)C1. The molecule has 1 fully saturated rings. The Morgan fingerprint density at radius 1 is 1.52 bits per heavy atom. The molecular weight excluding hydrogens is 292 g/mol. The quantitative estimate of drug-likeness (QED) is 0.832. The molecule has 1 atom stereocenters. The van der Waals surface area contributed by atoms with Crippen LogP contribution in [0.1, 0.15) is 32.2 Å². The summed E-state index contributed by atoms with van der Waals surface area (Å²) < 4.78 is 32.6. The van der Waals surface area contributed by atoms with Gasteiger partial charge >= 0.3 is 0 Å². The molecule has 1 aliphatic rings. The van der Waals surface area contributed by atoms with Crippen LogP contribution in [0.4, 0.5) is 0 Å². The average Bonchev–Trinajstić information content (AvgIpc) is 2.78. The number of nitrogens with zero attached hydrogens (tertiary/aromatic N) is 2. The second-order valence-corrected chi connectivity index (χ2v) is 7.58. The van der Waals surface area contributed by atoms with Gasteiger partial charge in [-0.15, -0.1) is 0 Å². The van der Waals surface area contributed by atoms with E-state index in [1.54, 1.807) is 6.92 Å². The number of aromatic nitrogens is 2. The molecule has 1 aromatic heterocycles. The second kappa shape index (κ2) is 6.43. The molecule has 0 aliphatic carbocycles. The summed E-state index contributed by atoms with van der Waals surface area (Å²) in [7, 11) is -3.54. The third-order valence-electron chi connectivity index (χ3n) is 3.44. The average molecular weight is 316 g/mol. The molecule has 21 heavy (non-hydrogen) atoms. The number of rotatable bonds is 5. The first-order chi connectivity index (χ1) is 9.82.